The van der Waals surface area contributed by atoms with Crippen LogP contribution in [0.25, 0.3) is 11.1 Å². The number of urea groups is 1. The fourth-order valence-electron chi connectivity index (χ4n) is 2.31. The second-order valence-corrected chi connectivity index (χ2v) is 5.75. The summed E-state index contributed by atoms with van der Waals surface area (Å²) in [5, 5.41) is 1.89. The van der Waals surface area contributed by atoms with E-state index in [-0.39, 0.29) is 18.9 Å². The van der Waals surface area contributed by atoms with E-state index in [0.717, 1.165) is 0 Å². The molecule has 1 atom stereocenters. The number of fused-ring (bicyclic) bond motifs is 1. The molecule has 3 N–H and O–H groups in total. The number of rotatable bonds is 6. The second kappa shape index (κ2) is 7.65. The van der Waals surface area contributed by atoms with Crippen molar-refractivity contribution in [1.29, 1.82) is 0 Å². The third-order valence-electron chi connectivity index (χ3n) is 3.48. The molecule has 9 heteroatoms. The number of benzene rings is 1. The highest BCUT2D eigenvalue weighted by molar-refractivity contribution is 5.96. The lowest BCUT2D eigenvalue weighted by Gasteiger charge is -2.19. The van der Waals surface area contributed by atoms with Crippen molar-refractivity contribution in [3.8, 4) is 0 Å². The van der Waals surface area contributed by atoms with Crippen LogP contribution in [-0.4, -0.2) is 28.6 Å². The average molecular weight is 349 g/mol. The van der Waals surface area contributed by atoms with Crippen LogP contribution in [0.3, 0.4) is 0 Å². The number of ether oxygens (including phenoxy) is 1. The van der Waals surface area contributed by atoms with Crippen molar-refractivity contribution in [2.24, 2.45) is 11.7 Å². The number of aryl methyl sites for hydroxylation is 1. The van der Waals surface area contributed by atoms with Crippen molar-refractivity contribution in [3.05, 3.63) is 34.8 Å². The number of imide groups is 1. The summed E-state index contributed by atoms with van der Waals surface area (Å²) in [6, 6.07) is 5.80. The van der Waals surface area contributed by atoms with Gasteiger partial charge in [0.1, 0.15) is 0 Å². The highest BCUT2D eigenvalue weighted by Gasteiger charge is 2.27. The number of nitrogens with zero attached hydrogens (tertiary/aromatic N) is 1. The van der Waals surface area contributed by atoms with Crippen LogP contribution in [0, 0.1) is 5.92 Å². The second-order valence-electron chi connectivity index (χ2n) is 5.75. The van der Waals surface area contributed by atoms with Gasteiger partial charge < -0.3 is 14.9 Å². The van der Waals surface area contributed by atoms with Crippen LogP contribution in [0.1, 0.15) is 20.3 Å². The Hall–Kier alpha value is -3.10. The van der Waals surface area contributed by atoms with Crippen molar-refractivity contribution < 1.29 is 23.5 Å². The number of hydrogen-bond acceptors (Lipinski definition) is 6. The summed E-state index contributed by atoms with van der Waals surface area (Å²) in [7, 11) is 0. The Bertz CT molecular complexity index is 851. The number of oxazole rings is 1. The molecular formula is C16H19N3O6. The first kappa shape index (κ1) is 18.2. The topological polar surface area (TPSA) is 134 Å². The summed E-state index contributed by atoms with van der Waals surface area (Å²) in [5.41, 5.74) is 5.88. The number of amides is 3. The molecule has 134 valence electrons. The number of primary amides is 1. The van der Waals surface area contributed by atoms with Gasteiger partial charge in [0.05, 0.1) is 11.9 Å². The zero-order valence-corrected chi connectivity index (χ0v) is 13.9. The molecule has 0 aliphatic heterocycles. The van der Waals surface area contributed by atoms with Gasteiger partial charge in [0.25, 0.3) is 5.91 Å². The Balaban J connectivity index is 2.03. The van der Waals surface area contributed by atoms with E-state index >= 15 is 0 Å². The molecule has 0 fully saturated rings. The lowest BCUT2D eigenvalue weighted by atomic mass is 10.1. The highest BCUT2D eigenvalue weighted by Crippen LogP contribution is 2.13. The summed E-state index contributed by atoms with van der Waals surface area (Å²) >= 11 is 0. The fraction of sp³-hybridized carbons (Fsp3) is 0.375. The Labute approximate surface area is 142 Å². The molecule has 0 bridgehead atoms. The smallest absolute Gasteiger partial charge is 0.419 e. The van der Waals surface area contributed by atoms with E-state index in [9.17, 15) is 19.2 Å². The summed E-state index contributed by atoms with van der Waals surface area (Å²) in [4.78, 5) is 46.5. The number of para-hydroxylation sites is 2. The maximum absolute atomic E-state index is 12.0. The zero-order valence-electron chi connectivity index (χ0n) is 13.9. The molecule has 0 aliphatic rings. The van der Waals surface area contributed by atoms with Gasteiger partial charge in [-0.3, -0.25) is 19.5 Å². The number of carbonyl (C=O) groups is 3. The third-order valence-corrected chi connectivity index (χ3v) is 3.48. The first-order chi connectivity index (χ1) is 11.8. The standard InChI is InChI=1S/C16H19N3O6/c1-9(2)13(14(21)18-15(17)22)25-12(20)7-8-19-10-5-3-4-6-11(10)24-16(19)23/h3-6,9,13H,7-8H2,1-2H3,(H3,17,18,21,22)/t13-/m0/s1. The van der Waals surface area contributed by atoms with Crippen LogP contribution >= 0.6 is 0 Å². The number of hydrogen-bond donors (Lipinski definition) is 2. The number of aromatic nitrogens is 1. The van der Waals surface area contributed by atoms with E-state index in [0.29, 0.717) is 11.1 Å². The molecule has 0 spiro atoms. The largest absolute Gasteiger partial charge is 0.452 e. The minimum Gasteiger partial charge on any atom is -0.452 e. The minimum absolute atomic E-state index is 0.0386. The summed E-state index contributed by atoms with van der Waals surface area (Å²) in [6.07, 6.45) is -1.30. The van der Waals surface area contributed by atoms with E-state index in [4.69, 9.17) is 14.9 Å². The monoisotopic (exact) mass is 349 g/mol. The Morgan fingerprint density at radius 3 is 2.60 bits per heavy atom. The summed E-state index contributed by atoms with van der Waals surface area (Å²) in [5.74, 6) is -2.42. The SMILES string of the molecule is CC(C)[C@H](OC(=O)CCn1c(=O)oc2ccccc21)C(=O)NC(N)=O. The first-order valence-electron chi connectivity index (χ1n) is 7.67. The minimum atomic E-state index is -1.15. The predicted molar refractivity (Wildman–Crippen MR) is 87.5 cm³/mol. The van der Waals surface area contributed by atoms with Gasteiger partial charge in [-0.2, -0.15) is 0 Å². The Kier molecular flexibility index (Phi) is 5.58. The first-order valence-corrected chi connectivity index (χ1v) is 7.67. The van der Waals surface area contributed by atoms with Gasteiger partial charge in [-0.15, -0.1) is 0 Å². The van der Waals surface area contributed by atoms with E-state index in [2.05, 4.69) is 0 Å². The molecule has 1 aromatic heterocycles. The lowest BCUT2D eigenvalue weighted by Crippen LogP contribution is -2.45. The van der Waals surface area contributed by atoms with Crippen molar-refractivity contribution in [2.45, 2.75) is 32.9 Å². The predicted octanol–water partition coefficient (Wildman–Crippen LogP) is 0.747. The van der Waals surface area contributed by atoms with Crippen molar-refractivity contribution in [3.63, 3.8) is 0 Å². The number of esters is 1. The van der Waals surface area contributed by atoms with Crippen molar-refractivity contribution >= 4 is 29.0 Å². The third kappa shape index (κ3) is 4.46. The van der Waals surface area contributed by atoms with Crippen LogP contribution < -0.4 is 16.8 Å². The zero-order chi connectivity index (χ0) is 18.6. The average Bonchev–Trinajstić information content (AvgIpc) is 2.84. The molecule has 25 heavy (non-hydrogen) atoms. The van der Waals surface area contributed by atoms with Gasteiger partial charge in [0.15, 0.2) is 11.7 Å². The molecule has 0 saturated carbocycles. The molecule has 0 aliphatic carbocycles. The van der Waals surface area contributed by atoms with Crippen LogP contribution in [0.5, 0.6) is 0 Å². The molecule has 9 nitrogen and oxygen atoms in total. The Morgan fingerprint density at radius 2 is 1.96 bits per heavy atom. The highest BCUT2D eigenvalue weighted by atomic mass is 16.5. The Morgan fingerprint density at radius 1 is 1.28 bits per heavy atom. The summed E-state index contributed by atoms with van der Waals surface area (Å²) in [6.45, 7) is 3.36. The van der Waals surface area contributed by atoms with E-state index in [1.807, 2.05) is 5.32 Å². The number of carbonyl (C=O) groups excluding carboxylic acids is 3. The fourth-order valence-corrected chi connectivity index (χ4v) is 2.31. The molecule has 3 amide bonds. The van der Waals surface area contributed by atoms with Crippen LogP contribution in [0.15, 0.2) is 33.5 Å². The molecule has 1 aromatic carbocycles. The van der Waals surface area contributed by atoms with Gasteiger partial charge in [-0.25, -0.2) is 9.59 Å². The van der Waals surface area contributed by atoms with Gasteiger partial charge in [-0.05, 0) is 18.1 Å². The van der Waals surface area contributed by atoms with Crippen molar-refractivity contribution in [2.75, 3.05) is 0 Å². The van der Waals surface area contributed by atoms with Crippen molar-refractivity contribution in [1.82, 2.24) is 9.88 Å². The molecule has 2 rings (SSSR count). The van der Waals surface area contributed by atoms with E-state index < -0.39 is 29.8 Å². The molecule has 2 aromatic rings. The number of nitrogens with one attached hydrogen (secondary N) is 1. The normalized spacial score (nSPS) is 12.1. The van der Waals surface area contributed by atoms with E-state index in [1.54, 1.807) is 38.1 Å². The maximum Gasteiger partial charge on any atom is 0.419 e. The number of nitrogens with two attached hydrogens (primary N) is 1. The molecular weight excluding hydrogens is 330 g/mol. The maximum atomic E-state index is 12.0. The lowest BCUT2D eigenvalue weighted by molar-refractivity contribution is -0.158. The van der Waals surface area contributed by atoms with Gasteiger partial charge in [0, 0.05) is 6.54 Å². The van der Waals surface area contributed by atoms with Crippen LogP contribution in [0.2, 0.25) is 0 Å². The molecule has 0 radical (unpaired) electrons. The molecule has 0 saturated heterocycles. The molecule has 0 unspecified atom stereocenters. The van der Waals surface area contributed by atoms with Gasteiger partial charge in [0.2, 0.25) is 0 Å². The van der Waals surface area contributed by atoms with E-state index in [1.165, 1.54) is 4.57 Å². The molecule has 1 heterocycles. The van der Waals surface area contributed by atoms with Gasteiger partial charge in [-0.1, -0.05) is 26.0 Å². The summed E-state index contributed by atoms with van der Waals surface area (Å²) < 4.78 is 11.5. The van der Waals surface area contributed by atoms with Crippen LogP contribution in [-0.2, 0) is 20.9 Å². The quantitative estimate of drug-likeness (QED) is 0.739. The van der Waals surface area contributed by atoms with Gasteiger partial charge >= 0.3 is 17.8 Å². The van der Waals surface area contributed by atoms with Crippen LogP contribution in [0.4, 0.5) is 4.79 Å².